The van der Waals surface area contributed by atoms with E-state index in [0.717, 1.165) is 56.8 Å². The van der Waals surface area contributed by atoms with Gasteiger partial charge in [-0.25, -0.2) is 0 Å². The summed E-state index contributed by atoms with van der Waals surface area (Å²) in [7, 11) is 0. The van der Waals surface area contributed by atoms with Crippen molar-refractivity contribution in [3.8, 4) is 11.5 Å². The van der Waals surface area contributed by atoms with Crippen LogP contribution in [0.1, 0.15) is 50.5 Å². The second kappa shape index (κ2) is 8.49. The molecule has 1 unspecified atom stereocenters. The fourth-order valence-electron chi connectivity index (χ4n) is 4.50. The zero-order chi connectivity index (χ0) is 17.1. The zero-order valence-electron chi connectivity index (χ0n) is 15.2. The van der Waals surface area contributed by atoms with E-state index in [-0.39, 0.29) is 29.6 Å². The van der Waals surface area contributed by atoms with Crippen LogP contribution < -0.4 is 20.1 Å². The molecule has 0 aromatic heterocycles. The van der Waals surface area contributed by atoms with E-state index in [4.69, 9.17) is 9.47 Å². The Labute approximate surface area is 161 Å². The van der Waals surface area contributed by atoms with Crippen LogP contribution in [0.25, 0.3) is 0 Å². The molecule has 1 aromatic carbocycles. The average molecular weight is 381 g/mol. The van der Waals surface area contributed by atoms with Gasteiger partial charge in [0, 0.05) is 18.5 Å². The van der Waals surface area contributed by atoms with Crippen LogP contribution in [0.2, 0.25) is 0 Å². The van der Waals surface area contributed by atoms with Crippen LogP contribution >= 0.6 is 12.4 Å². The van der Waals surface area contributed by atoms with Gasteiger partial charge in [0.15, 0.2) is 11.5 Å². The Morgan fingerprint density at radius 3 is 2.73 bits per heavy atom. The van der Waals surface area contributed by atoms with E-state index in [1.807, 2.05) is 6.07 Å². The summed E-state index contributed by atoms with van der Waals surface area (Å²) < 4.78 is 11.0. The first-order chi connectivity index (χ1) is 12.3. The van der Waals surface area contributed by atoms with Gasteiger partial charge >= 0.3 is 0 Å². The first-order valence-electron chi connectivity index (χ1n) is 9.65. The number of fused-ring (bicyclic) bond motifs is 1. The van der Waals surface area contributed by atoms with E-state index < -0.39 is 0 Å². The molecule has 0 bridgehead atoms. The second-order valence-electron chi connectivity index (χ2n) is 7.67. The van der Waals surface area contributed by atoms with Crippen molar-refractivity contribution in [3.05, 3.63) is 23.8 Å². The summed E-state index contributed by atoms with van der Waals surface area (Å²) in [4.78, 5) is 12.6. The molecule has 1 aromatic rings. The highest BCUT2D eigenvalue weighted by Gasteiger charge is 2.36. The third-order valence-corrected chi connectivity index (χ3v) is 6.06. The molecule has 0 spiro atoms. The fourth-order valence-corrected chi connectivity index (χ4v) is 4.50. The van der Waals surface area contributed by atoms with Crippen LogP contribution in [-0.4, -0.2) is 32.3 Å². The summed E-state index contributed by atoms with van der Waals surface area (Å²) in [6, 6.07) is 6.30. The van der Waals surface area contributed by atoms with Gasteiger partial charge in [-0.15, -0.1) is 12.4 Å². The lowest BCUT2D eigenvalue weighted by molar-refractivity contribution is -0.125. The predicted octanol–water partition coefficient (Wildman–Crippen LogP) is 3.15. The minimum Gasteiger partial charge on any atom is -0.454 e. The molecule has 5 nitrogen and oxygen atoms in total. The van der Waals surface area contributed by atoms with Crippen LogP contribution in [0.15, 0.2) is 18.2 Å². The Morgan fingerprint density at radius 1 is 1.15 bits per heavy atom. The number of piperidine rings is 1. The lowest BCUT2D eigenvalue weighted by Crippen LogP contribution is -2.46. The maximum atomic E-state index is 12.6. The van der Waals surface area contributed by atoms with Crippen molar-refractivity contribution >= 4 is 18.3 Å². The third kappa shape index (κ3) is 3.94. The topological polar surface area (TPSA) is 59.6 Å². The molecule has 2 N–H and O–H groups in total. The van der Waals surface area contributed by atoms with Crippen molar-refractivity contribution in [1.29, 1.82) is 0 Å². The lowest BCUT2D eigenvalue weighted by Gasteiger charge is -2.38. The van der Waals surface area contributed by atoms with Crippen LogP contribution in [0.4, 0.5) is 0 Å². The zero-order valence-corrected chi connectivity index (χ0v) is 16.0. The molecule has 2 heterocycles. The number of carbonyl (C=O) groups is 1. The molecule has 1 aliphatic carbocycles. The van der Waals surface area contributed by atoms with Gasteiger partial charge in [-0.1, -0.05) is 25.3 Å². The minimum absolute atomic E-state index is 0. The van der Waals surface area contributed by atoms with Gasteiger partial charge in [0.2, 0.25) is 12.7 Å². The molecular weight excluding hydrogens is 352 g/mol. The standard InChI is InChI=1S/C20H28N2O3.ClH/c23-19(15-5-4-10-21-12-15)22-13-20(8-2-1-3-9-20)16-6-7-17-18(11-16)25-14-24-17;/h6-7,11,15,21H,1-5,8-10,12-14H2,(H,22,23);1H. The summed E-state index contributed by atoms with van der Waals surface area (Å²) in [6.45, 7) is 2.87. The molecule has 1 saturated heterocycles. The molecule has 26 heavy (non-hydrogen) atoms. The van der Waals surface area contributed by atoms with Crippen molar-refractivity contribution in [2.75, 3.05) is 26.4 Å². The number of amides is 1. The van der Waals surface area contributed by atoms with Gasteiger partial charge in [0.05, 0.1) is 5.92 Å². The SMILES string of the molecule is Cl.O=C(NCC1(c2ccc3c(c2)OCO3)CCCCC1)C1CCCNC1. The van der Waals surface area contributed by atoms with Crippen LogP contribution in [0.3, 0.4) is 0 Å². The Hall–Kier alpha value is -1.46. The number of carbonyl (C=O) groups excluding carboxylic acids is 1. The number of rotatable bonds is 4. The van der Waals surface area contributed by atoms with Gasteiger partial charge in [0.1, 0.15) is 0 Å². The lowest BCUT2D eigenvalue weighted by atomic mass is 9.69. The molecule has 3 aliphatic rings. The molecule has 144 valence electrons. The number of halogens is 1. The molecule has 1 amide bonds. The average Bonchev–Trinajstić information content (AvgIpc) is 3.15. The van der Waals surface area contributed by atoms with Gasteiger partial charge in [-0.3, -0.25) is 4.79 Å². The quantitative estimate of drug-likeness (QED) is 0.842. The van der Waals surface area contributed by atoms with Gasteiger partial charge in [-0.2, -0.15) is 0 Å². The van der Waals surface area contributed by atoms with Crippen molar-refractivity contribution in [2.45, 2.75) is 50.4 Å². The molecule has 1 saturated carbocycles. The van der Waals surface area contributed by atoms with Gasteiger partial charge in [-0.05, 0) is 49.9 Å². The number of hydrogen-bond donors (Lipinski definition) is 2. The number of ether oxygens (including phenoxy) is 2. The second-order valence-corrected chi connectivity index (χ2v) is 7.67. The normalized spacial score (nSPS) is 23.8. The molecule has 6 heteroatoms. The predicted molar refractivity (Wildman–Crippen MR) is 103 cm³/mol. The van der Waals surface area contributed by atoms with E-state index >= 15 is 0 Å². The Bertz CT molecular complexity index is 625. The van der Waals surface area contributed by atoms with E-state index in [1.165, 1.54) is 24.8 Å². The smallest absolute Gasteiger partial charge is 0.231 e. The number of benzene rings is 1. The molecule has 0 radical (unpaired) electrons. The van der Waals surface area contributed by atoms with E-state index in [0.29, 0.717) is 6.79 Å². The maximum Gasteiger partial charge on any atom is 0.231 e. The fraction of sp³-hybridized carbons (Fsp3) is 0.650. The van der Waals surface area contributed by atoms with E-state index in [1.54, 1.807) is 0 Å². The van der Waals surface area contributed by atoms with Crippen molar-refractivity contribution in [1.82, 2.24) is 10.6 Å². The van der Waals surface area contributed by atoms with Gasteiger partial charge < -0.3 is 20.1 Å². The van der Waals surface area contributed by atoms with Gasteiger partial charge in [0.25, 0.3) is 0 Å². The van der Waals surface area contributed by atoms with Crippen molar-refractivity contribution in [3.63, 3.8) is 0 Å². The Morgan fingerprint density at radius 2 is 1.96 bits per heavy atom. The Balaban J connectivity index is 0.00000196. The molecule has 2 aliphatic heterocycles. The van der Waals surface area contributed by atoms with E-state index in [9.17, 15) is 4.79 Å². The third-order valence-electron chi connectivity index (χ3n) is 6.06. The molecule has 4 rings (SSSR count). The van der Waals surface area contributed by atoms with Crippen LogP contribution in [0.5, 0.6) is 11.5 Å². The summed E-state index contributed by atoms with van der Waals surface area (Å²) >= 11 is 0. The summed E-state index contributed by atoms with van der Waals surface area (Å²) in [5.74, 6) is 1.99. The first-order valence-corrected chi connectivity index (χ1v) is 9.65. The van der Waals surface area contributed by atoms with Crippen LogP contribution in [-0.2, 0) is 10.2 Å². The molecular formula is C20H29ClN2O3. The monoisotopic (exact) mass is 380 g/mol. The van der Waals surface area contributed by atoms with Crippen molar-refractivity contribution in [2.24, 2.45) is 5.92 Å². The summed E-state index contributed by atoms with van der Waals surface area (Å²) in [5.41, 5.74) is 1.30. The highest BCUT2D eigenvalue weighted by atomic mass is 35.5. The van der Waals surface area contributed by atoms with Crippen LogP contribution in [0, 0.1) is 5.92 Å². The highest BCUT2D eigenvalue weighted by molar-refractivity contribution is 5.85. The molecule has 2 fully saturated rings. The summed E-state index contributed by atoms with van der Waals surface area (Å²) in [6.07, 6.45) is 8.05. The minimum atomic E-state index is 0. The maximum absolute atomic E-state index is 12.6. The van der Waals surface area contributed by atoms with E-state index in [2.05, 4.69) is 22.8 Å². The largest absolute Gasteiger partial charge is 0.454 e. The first kappa shape index (κ1) is 19.3. The Kier molecular flexibility index (Phi) is 6.30. The number of hydrogen-bond acceptors (Lipinski definition) is 4. The number of nitrogens with one attached hydrogen (secondary N) is 2. The van der Waals surface area contributed by atoms with Crippen molar-refractivity contribution < 1.29 is 14.3 Å². The molecule has 1 atom stereocenters. The summed E-state index contributed by atoms with van der Waals surface area (Å²) in [5, 5.41) is 6.61. The highest BCUT2D eigenvalue weighted by Crippen LogP contribution is 2.43.